The highest BCUT2D eigenvalue weighted by Gasteiger charge is 2.51. The Kier molecular flexibility index (Phi) is 3.42. The second-order valence-electron chi connectivity index (χ2n) is 4.96. The van der Waals surface area contributed by atoms with Crippen LogP contribution in [0.4, 0.5) is 4.79 Å². The van der Waals surface area contributed by atoms with Crippen LogP contribution in [0.2, 0.25) is 0 Å². The fraction of sp³-hybridized carbons (Fsp3) is 0.308. The van der Waals surface area contributed by atoms with Crippen LogP contribution in [0.5, 0.6) is 0 Å². The van der Waals surface area contributed by atoms with Crippen LogP contribution in [0.3, 0.4) is 0 Å². The molecule has 22 heavy (non-hydrogen) atoms. The number of rotatable bonds is 4. The number of nitrogens with zero attached hydrogens (tertiary/aromatic N) is 5. The highest BCUT2D eigenvalue weighted by atomic mass is 127. The molecule has 4 heterocycles. The number of halogens is 1. The molecule has 2 aliphatic heterocycles. The maximum absolute atomic E-state index is 12.7. The SMILES string of the molecule is C=CCON1C(=O)N2C[C@H]1c1scnc1[C@H]2c1nccn1I. The number of aromatic nitrogens is 3. The number of thiazole rings is 1. The zero-order chi connectivity index (χ0) is 15.3. The van der Waals surface area contributed by atoms with E-state index in [-0.39, 0.29) is 18.1 Å². The number of fused-ring (bicyclic) bond motifs is 4. The van der Waals surface area contributed by atoms with E-state index in [1.165, 1.54) is 5.06 Å². The van der Waals surface area contributed by atoms with E-state index in [1.54, 1.807) is 28.5 Å². The van der Waals surface area contributed by atoms with E-state index in [9.17, 15) is 4.79 Å². The van der Waals surface area contributed by atoms with Crippen molar-refractivity contribution in [1.29, 1.82) is 0 Å². The third kappa shape index (κ3) is 1.92. The van der Waals surface area contributed by atoms with Gasteiger partial charge >= 0.3 is 6.03 Å². The van der Waals surface area contributed by atoms with Gasteiger partial charge in [0.1, 0.15) is 17.9 Å². The maximum atomic E-state index is 12.7. The van der Waals surface area contributed by atoms with Gasteiger partial charge in [-0.25, -0.2) is 14.8 Å². The van der Waals surface area contributed by atoms with Gasteiger partial charge in [0.05, 0.1) is 52.1 Å². The van der Waals surface area contributed by atoms with Gasteiger partial charge in [0, 0.05) is 12.4 Å². The Morgan fingerprint density at radius 2 is 2.41 bits per heavy atom. The van der Waals surface area contributed by atoms with Gasteiger partial charge in [-0.1, -0.05) is 6.08 Å². The van der Waals surface area contributed by atoms with Crippen molar-refractivity contribution in [3.63, 3.8) is 0 Å². The Bertz CT molecular complexity index is 744. The van der Waals surface area contributed by atoms with E-state index in [2.05, 4.69) is 39.4 Å². The second-order valence-corrected chi connectivity index (χ2v) is 6.89. The average Bonchev–Trinajstić information content (AvgIpc) is 3.20. The number of hydrogen-bond acceptors (Lipinski definition) is 5. The summed E-state index contributed by atoms with van der Waals surface area (Å²) in [5, 5.41) is 1.44. The smallest absolute Gasteiger partial charge is 0.304 e. The molecule has 4 rings (SSSR count). The van der Waals surface area contributed by atoms with Crippen molar-refractivity contribution in [3.05, 3.63) is 47.0 Å². The van der Waals surface area contributed by atoms with Crippen molar-refractivity contribution in [2.24, 2.45) is 0 Å². The predicted octanol–water partition coefficient (Wildman–Crippen LogP) is 2.54. The molecule has 2 bridgehead atoms. The van der Waals surface area contributed by atoms with E-state index >= 15 is 0 Å². The van der Waals surface area contributed by atoms with Gasteiger partial charge in [0.25, 0.3) is 0 Å². The quantitative estimate of drug-likeness (QED) is 0.554. The molecule has 1 saturated heterocycles. The molecule has 0 saturated carbocycles. The number of hydrogen-bond donors (Lipinski definition) is 0. The summed E-state index contributed by atoms with van der Waals surface area (Å²) in [6.45, 7) is 4.52. The minimum absolute atomic E-state index is 0.108. The molecule has 9 heteroatoms. The molecular formula is C13H12IN5O2S. The summed E-state index contributed by atoms with van der Waals surface area (Å²) in [6.07, 6.45) is 5.22. The molecule has 2 atom stereocenters. The third-order valence-electron chi connectivity index (χ3n) is 3.78. The summed E-state index contributed by atoms with van der Waals surface area (Å²) in [7, 11) is 0. The first-order valence-corrected chi connectivity index (χ1v) is 8.53. The molecule has 2 amide bonds. The van der Waals surface area contributed by atoms with Gasteiger partial charge in [-0.15, -0.1) is 17.9 Å². The zero-order valence-electron chi connectivity index (χ0n) is 11.4. The molecular weight excluding hydrogens is 417 g/mol. The number of hydroxylamine groups is 2. The molecule has 1 fully saturated rings. The van der Waals surface area contributed by atoms with Crippen LogP contribution in [0.1, 0.15) is 28.5 Å². The minimum Gasteiger partial charge on any atom is -0.304 e. The maximum Gasteiger partial charge on any atom is 0.345 e. The van der Waals surface area contributed by atoms with Crippen molar-refractivity contribution in [1.82, 2.24) is 22.7 Å². The lowest BCUT2D eigenvalue weighted by Crippen LogP contribution is -2.36. The topological polar surface area (TPSA) is 63.5 Å². The molecule has 0 radical (unpaired) electrons. The fourth-order valence-corrected chi connectivity index (χ4v) is 4.32. The van der Waals surface area contributed by atoms with Crippen LogP contribution in [0.25, 0.3) is 0 Å². The Labute approximate surface area is 144 Å². The largest absolute Gasteiger partial charge is 0.345 e. The van der Waals surface area contributed by atoms with Gasteiger partial charge < -0.3 is 4.90 Å². The van der Waals surface area contributed by atoms with Crippen molar-refractivity contribution >= 4 is 40.2 Å². The number of urea groups is 1. The molecule has 2 aromatic rings. The van der Waals surface area contributed by atoms with E-state index in [1.807, 2.05) is 14.5 Å². The average molecular weight is 429 g/mol. The molecule has 0 N–H and O–H groups in total. The molecule has 2 aromatic heterocycles. The van der Waals surface area contributed by atoms with Crippen LogP contribution >= 0.6 is 34.2 Å². The van der Waals surface area contributed by atoms with Gasteiger partial charge in [-0.2, -0.15) is 5.06 Å². The van der Waals surface area contributed by atoms with Crippen LogP contribution in [-0.2, 0) is 4.84 Å². The number of amides is 2. The van der Waals surface area contributed by atoms with Gasteiger partial charge in [0.15, 0.2) is 0 Å². The van der Waals surface area contributed by atoms with Crippen LogP contribution in [0.15, 0.2) is 30.6 Å². The lowest BCUT2D eigenvalue weighted by Gasteiger charge is -2.28. The number of carbonyl (C=O) groups excluding carboxylic acids is 1. The lowest BCUT2D eigenvalue weighted by molar-refractivity contribution is -0.118. The van der Waals surface area contributed by atoms with E-state index in [0.717, 1.165) is 16.4 Å². The summed E-state index contributed by atoms with van der Waals surface area (Å²) < 4.78 is 1.90. The Hall–Kier alpha value is -1.46. The molecule has 7 nitrogen and oxygen atoms in total. The highest BCUT2D eigenvalue weighted by molar-refractivity contribution is 14.1. The third-order valence-corrected chi connectivity index (χ3v) is 5.55. The summed E-state index contributed by atoms with van der Waals surface area (Å²) in [4.78, 5) is 30.0. The molecule has 0 aromatic carbocycles. The summed E-state index contributed by atoms with van der Waals surface area (Å²) in [5.41, 5.74) is 2.71. The van der Waals surface area contributed by atoms with Crippen molar-refractivity contribution in [3.8, 4) is 0 Å². The van der Waals surface area contributed by atoms with E-state index in [4.69, 9.17) is 4.84 Å². The minimum atomic E-state index is -0.269. The first kappa shape index (κ1) is 14.2. The number of imidazole rings is 1. The van der Waals surface area contributed by atoms with Gasteiger partial charge in [-0.3, -0.25) is 7.62 Å². The van der Waals surface area contributed by atoms with Crippen LogP contribution < -0.4 is 0 Å². The van der Waals surface area contributed by atoms with Crippen molar-refractivity contribution < 1.29 is 9.63 Å². The summed E-state index contributed by atoms with van der Waals surface area (Å²) in [6, 6.07) is -0.528. The Balaban J connectivity index is 1.80. The van der Waals surface area contributed by atoms with Gasteiger partial charge in [0.2, 0.25) is 0 Å². The van der Waals surface area contributed by atoms with Crippen molar-refractivity contribution in [2.45, 2.75) is 12.1 Å². The van der Waals surface area contributed by atoms with Crippen molar-refractivity contribution in [2.75, 3.05) is 13.2 Å². The first-order chi connectivity index (χ1) is 10.7. The molecule has 114 valence electrons. The molecule has 2 aliphatic rings. The van der Waals surface area contributed by atoms with E-state index < -0.39 is 0 Å². The van der Waals surface area contributed by atoms with Crippen LogP contribution in [0, 0.1) is 0 Å². The summed E-state index contributed by atoms with van der Waals surface area (Å²) in [5.74, 6) is 0.796. The zero-order valence-corrected chi connectivity index (χ0v) is 14.4. The number of carbonyl (C=O) groups is 1. The highest BCUT2D eigenvalue weighted by Crippen LogP contribution is 2.47. The second kappa shape index (κ2) is 5.32. The Morgan fingerprint density at radius 1 is 1.55 bits per heavy atom. The predicted molar refractivity (Wildman–Crippen MR) is 88.4 cm³/mol. The summed E-state index contributed by atoms with van der Waals surface area (Å²) >= 11 is 3.72. The molecule has 0 unspecified atom stereocenters. The molecule has 0 spiro atoms. The van der Waals surface area contributed by atoms with Crippen LogP contribution in [-0.4, -0.2) is 41.9 Å². The fourth-order valence-electron chi connectivity index (χ4n) is 2.90. The molecule has 0 aliphatic carbocycles. The van der Waals surface area contributed by atoms with E-state index in [0.29, 0.717) is 13.2 Å². The standard InChI is InChI=1S/C13H12IN5O2S/c1-2-5-21-19-8-6-17(13(19)20)10(9-11(8)22-7-16-9)12-15-3-4-18(12)14/h2-4,7-8,10H,1,5-6H2/t8-,10-/m0/s1. The monoisotopic (exact) mass is 429 g/mol. The first-order valence-electron chi connectivity index (χ1n) is 6.68. The Morgan fingerprint density at radius 3 is 3.14 bits per heavy atom. The van der Waals surface area contributed by atoms with Gasteiger partial charge in [-0.05, 0) is 0 Å². The normalized spacial score (nSPS) is 23.0. The lowest BCUT2D eigenvalue weighted by atomic mass is 10.0.